The topological polar surface area (TPSA) is 53.1 Å². The van der Waals surface area contributed by atoms with Crippen LogP contribution in [0.25, 0.3) is 0 Å². The van der Waals surface area contributed by atoms with Crippen LogP contribution >= 0.6 is 11.6 Å². The molecule has 1 aromatic rings. The van der Waals surface area contributed by atoms with E-state index in [0.29, 0.717) is 17.3 Å². The standard InChI is InChI=1S/C11H17ClF3N3O/c1-2-4-18-10(8(12)6-17-18)9(16)3-5-19-7-11(13,14)15/h6,9H,2-5,7,16H2,1H3. The van der Waals surface area contributed by atoms with Gasteiger partial charge in [-0.2, -0.15) is 18.3 Å². The van der Waals surface area contributed by atoms with E-state index in [1.54, 1.807) is 4.68 Å². The van der Waals surface area contributed by atoms with Gasteiger partial charge in [-0.15, -0.1) is 0 Å². The molecule has 0 spiro atoms. The number of aryl methyl sites for hydroxylation is 1. The minimum absolute atomic E-state index is 0.0751. The van der Waals surface area contributed by atoms with Crippen LogP contribution in [0.1, 0.15) is 31.5 Å². The number of rotatable bonds is 7. The van der Waals surface area contributed by atoms with E-state index in [0.717, 1.165) is 6.42 Å². The van der Waals surface area contributed by atoms with E-state index < -0.39 is 18.8 Å². The molecule has 1 rings (SSSR count). The summed E-state index contributed by atoms with van der Waals surface area (Å²) in [4.78, 5) is 0. The van der Waals surface area contributed by atoms with Gasteiger partial charge in [0.1, 0.15) is 6.61 Å². The van der Waals surface area contributed by atoms with Crippen LogP contribution in [0, 0.1) is 0 Å². The van der Waals surface area contributed by atoms with Gasteiger partial charge in [0.25, 0.3) is 0 Å². The second kappa shape index (κ2) is 7.12. The first kappa shape index (κ1) is 16.3. The van der Waals surface area contributed by atoms with E-state index >= 15 is 0 Å². The van der Waals surface area contributed by atoms with Gasteiger partial charge in [0.15, 0.2) is 0 Å². The van der Waals surface area contributed by atoms with Crippen LogP contribution in [0.15, 0.2) is 6.20 Å². The molecule has 0 aliphatic carbocycles. The van der Waals surface area contributed by atoms with E-state index in [1.165, 1.54) is 6.20 Å². The van der Waals surface area contributed by atoms with Crippen molar-refractivity contribution in [3.63, 3.8) is 0 Å². The maximum atomic E-state index is 11.9. The Morgan fingerprint density at radius 1 is 1.53 bits per heavy atom. The first-order valence-corrected chi connectivity index (χ1v) is 6.34. The zero-order valence-electron chi connectivity index (χ0n) is 10.6. The van der Waals surface area contributed by atoms with Crippen molar-refractivity contribution in [1.82, 2.24) is 9.78 Å². The predicted octanol–water partition coefficient (Wildman–Crippen LogP) is 2.92. The highest BCUT2D eigenvalue weighted by Gasteiger charge is 2.27. The SMILES string of the molecule is CCCn1ncc(Cl)c1C(N)CCOCC(F)(F)F. The van der Waals surface area contributed by atoms with Crippen LogP contribution in [0.5, 0.6) is 0 Å². The molecule has 0 aromatic carbocycles. The van der Waals surface area contributed by atoms with Crippen molar-refractivity contribution in [1.29, 1.82) is 0 Å². The molecule has 0 aliphatic rings. The van der Waals surface area contributed by atoms with Crippen molar-refractivity contribution in [2.24, 2.45) is 5.73 Å². The zero-order valence-corrected chi connectivity index (χ0v) is 11.3. The van der Waals surface area contributed by atoms with Crippen LogP contribution in [-0.4, -0.2) is 29.2 Å². The monoisotopic (exact) mass is 299 g/mol. The van der Waals surface area contributed by atoms with Gasteiger partial charge in [-0.05, 0) is 12.8 Å². The molecule has 8 heteroatoms. The highest BCUT2D eigenvalue weighted by molar-refractivity contribution is 6.31. The van der Waals surface area contributed by atoms with Gasteiger partial charge in [0.05, 0.1) is 23.0 Å². The zero-order chi connectivity index (χ0) is 14.5. The van der Waals surface area contributed by atoms with Gasteiger partial charge in [-0.1, -0.05) is 18.5 Å². The number of hydrogen-bond acceptors (Lipinski definition) is 3. The molecule has 0 saturated heterocycles. The third kappa shape index (κ3) is 5.38. The van der Waals surface area contributed by atoms with Gasteiger partial charge in [-0.25, -0.2) is 0 Å². The Morgan fingerprint density at radius 2 is 2.21 bits per heavy atom. The minimum atomic E-state index is -4.31. The van der Waals surface area contributed by atoms with Gasteiger partial charge >= 0.3 is 6.18 Å². The molecule has 19 heavy (non-hydrogen) atoms. The third-order valence-corrected chi connectivity index (χ3v) is 2.75. The van der Waals surface area contributed by atoms with Crippen molar-refractivity contribution >= 4 is 11.6 Å². The summed E-state index contributed by atoms with van der Waals surface area (Å²) in [7, 11) is 0. The Bertz CT molecular complexity index is 395. The number of nitrogens with zero attached hydrogens (tertiary/aromatic N) is 2. The molecule has 2 N–H and O–H groups in total. The first-order valence-electron chi connectivity index (χ1n) is 5.96. The summed E-state index contributed by atoms with van der Waals surface area (Å²) in [5, 5.41) is 4.51. The van der Waals surface area contributed by atoms with Crippen LogP contribution in [0.3, 0.4) is 0 Å². The molecule has 1 heterocycles. The summed E-state index contributed by atoms with van der Waals surface area (Å²) in [6.45, 7) is 1.31. The Hall–Kier alpha value is -0.790. The summed E-state index contributed by atoms with van der Waals surface area (Å²) in [6.07, 6.45) is -1.71. The molecular weight excluding hydrogens is 283 g/mol. The van der Waals surface area contributed by atoms with E-state index in [4.69, 9.17) is 17.3 Å². The number of hydrogen-bond donors (Lipinski definition) is 1. The average Bonchev–Trinajstić information content (AvgIpc) is 2.65. The fourth-order valence-corrected chi connectivity index (χ4v) is 1.95. The summed E-state index contributed by atoms with van der Waals surface area (Å²) in [5.74, 6) is 0. The van der Waals surface area contributed by atoms with Crippen LogP contribution < -0.4 is 5.73 Å². The Balaban J connectivity index is 2.49. The Kier molecular flexibility index (Phi) is 6.09. The van der Waals surface area contributed by atoms with Gasteiger partial charge in [0, 0.05) is 13.2 Å². The minimum Gasteiger partial charge on any atom is -0.372 e. The number of halogens is 4. The third-order valence-electron chi connectivity index (χ3n) is 2.46. The van der Waals surface area contributed by atoms with Crippen molar-refractivity contribution < 1.29 is 17.9 Å². The van der Waals surface area contributed by atoms with Crippen molar-refractivity contribution in [3.8, 4) is 0 Å². The molecule has 0 amide bonds. The van der Waals surface area contributed by atoms with Crippen LogP contribution in [-0.2, 0) is 11.3 Å². The lowest BCUT2D eigenvalue weighted by Crippen LogP contribution is -2.21. The summed E-state index contributed by atoms with van der Waals surface area (Å²) in [6, 6.07) is -0.491. The maximum absolute atomic E-state index is 11.9. The summed E-state index contributed by atoms with van der Waals surface area (Å²) < 4.78 is 41.9. The quantitative estimate of drug-likeness (QED) is 0.788. The molecular formula is C11H17ClF3N3O. The smallest absolute Gasteiger partial charge is 0.372 e. The second-order valence-electron chi connectivity index (χ2n) is 4.16. The molecule has 0 aliphatic heterocycles. The van der Waals surface area contributed by atoms with Crippen molar-refractivity contribution in [2.75, 3.05) is 13.2 Å². The highest BCUT2D eigenvalue weighted by atomic mass is 35.5. The fraction of sp³-hybridized carbons (Fsp3) is 0.727. The van der Waals surface area contributed by atoms with Gasteiger partial charge in [0.2, 0.25) is 0 Å². The first-order chi connectivity index (χ1) is 8.85. The second-order valence-corrected chi connectivity index (χ2v) is 4.57. The average molecular weight is 300 g/mol. The predicted molar refractivity (Wildman–Crippen MR) is 65.9 cm³/mol. The normalized spacial score (nSPS) is 13.8. The lowest BCUT2D eigenvalue weighted by atomic mass is 10.1. The number of nitrogens with two attached hydrogens (primary N) is 1. The molecule has 0 saturated carbocycles. The summed E-state index contributed by atoms with van der Waals surface area (Å²) >= 11 is 5.98. The van der Waals surface area contributed by atoms with Crippen molar-refractivity contribution in [3.05, 3.63) is 16.9 Å². The van der Waals surface area contributed by atoms with E-state index in [9.17, 15) is 13.2 Å². The van der Waals surface area contributed by atoms with Crippen LogP contribution in [0.2, 0.25) is 5.02 Å². The summed E-state index contributed by atoms with van der Waals surface area (Å²) in [5.41, 5.74) is 6.55. The van der Waals surface area contributed by atoms with E-state index in [-0.39, 0.29) is 13.0 Å². The lowest BCUT2D eigenvalue weighted by Gasteiger charge is -2.15. The van der Waals surface area contributed by atoms with Crippen LogP contribution in [0.4, 0.5) is 13.2 Å². The van der Waals surface area contributed by atoms with Gasteiger partial charge < -0.3 is 10.5 Å². The molecule has 110 valence electrons. The van der Waals surface area contributed by atoms with E-state index in [1.807, 2.05) is 6.92 Å². The number of alkyl halides is 3. The number of ether oxygens (including phenoxy) is 1. The number of aromatic nitrogens is 2. The highest BCUT2D eigenvalue weighted by Crippen LogP contribution is 2.24. The van der Waals surface area contributed by atoms with E-state index in [2.05, 4.69) is 9.84 Å². The molecule has 1 atom stereocenters. The molecule has 0 fully saturated rings. The molecule has 1 aromatic heterocycles. The van der Waals surface area contributed by atoms with Gasteiger partial charge in [-0.3, -0.25) is 4.68 Å². The molecule has 0 bridgehead atoms. The largest absolute Gasteiger partial charge is 0.411 e. The van der Waals surface area contributed by atoms with Crippen molar-refractivity contribution in [2.45, 2.75) is 38.5 Å². The molecule has 4 nitrogen and oxygen atoms in total. The molecule has 1 unspecified atom stereocenters. The fourth-order valence-electron chi connectivity index (χ4n) is 1.67. The Labute approximate surface area is 114 Å². The lowest BCUT2D eigenvalue weighted by molar-refractivity contribution is -0.174. The Morgan fingerprint density at radius 3 is 2.79 bits per heavy atom. The molecule has 0 radical (unpaired) electrons. The maximum Gasteiger partial charge on any atom is 0.411 e.